The van der Waals surface area contributed by atoms with E-state index in [2.05, 4.69) is 10.1 Å². The van der Waals surface area contributed by atoms with Gasteiger partial charge in [0.15, 0.2) is 5.78 Å². The molecule has 5 heteroatoms. The number of halogens is 1. The van der Waals surface area contributed by atoms with E-state index in [9.17, 15) is 4.79 Å². The maximum atomic E-state index is 12.2. The van der Waals surface area contributed by atoms with Crippen LogP contribution in [0.2, 0.25) is 5.02 Å². The number of nitrogens with zero attached hydrogens (tertiary/aromatic N) is 3. The van der Waals surface area contributed by atoms with Crippen LogP contribution in [0.15, 0.2) is 54.9 Å². The molecule has 4 nitrogen and oxygen atoms in total. The molecule has 0 amide bonds. The number of pyridine rings is 1. The minimum absolute atomic E-state index is 0.0780. The fraction of sp³-hybridized carbons (Fsp3) is 0.150. The van der Waals surface area contributed by atoms with E-state index < -0.39 is 0 Å². The summed E-state index contributed by atoms with van der Waals surface area (Å²) in [6, 6.07) is 11.2. The minimum Gasteiger partial charge on any atom is -0.289 e. The molecule has 0 saturated heterocycles. The number of hydrogen-bond donors (Lipinski definition) is 0. The second-order valence-corrected chi connectivity index (χ2v) is 6.18. The summed E-state index contributed by atoms with van der Waals surface area (Å²) in [6.45, 7) is 4.52. The summed E-state index contributed by atoms with van der Waals surface area (Å²) in [5.41, 5.74) is 4.39. The zero-order chi connectivity index (χ0) is 17.8. The fourth-order valence-corrected chi connectivity index (χ4v) is 2.85. The molecule has 0 spiro atoms. The lowest BCUT2D eigenvalue weighted by Crippen LogP contribution is -2.04. The third-order valence-corrected chi connectivity index (χ3v) is 4.43. The summed E-state index contributed by atoms with van der Waals surface area (Å²) in [7, 11) is 0. The number of benzene rings is 1. The van der Waals surface area contributed by atoms with E-state index in [1.165, 1.54) is 0 Å². The SMILES string of the molecule is Cc1nn(Cc2ccccc2Cl)c(C)c1/C=C/C(=O)c1cccnc1. The van der Waals surface area contributed by atoms with Crippen LogP contribution >= 0.6 is 11.6 Å². The topological polar surface area (TPSA) is 47.8 Å². The Morgan fingerprint density at radius 3 is 2.72 bits per heavy atom. The Bertz CT molecular complexity index is 929. The van der Waals surface area contributed by atoms with Gasteiger partial charge in [-0.15, -0.1) is 0 Å². The third kappa shape index (κ3) is 3.86. The Morgan fingerprint density at radius 1 is 1.20 bits per heavy atom. The lowest BCUT2D eigenvalue weighted by Gasteiger charge is -2.06. The van der Waals surface area contributed by atoms with Crippen LogP contribution in [0.4, 0.5) is 0 Å². The highest BCUT2D eigenvalue weighted by molar-refractivity contribution is 6.31. The summed E-state index contributed by atoms with van der Waals surface area (Å²) in [6.07, 6.45) is 6.59. The van der Waals surface area contributed by atoms with Gasteiger partial charge in [0.05, 0.1) is 12.2 Å². The molecule has 25 heavy (non-hydrogen) atoms. The molecular weight excluding hydrogens is 334 g/mol. The average Bonchev–Trinajstić information content (AvgIpc) is 2.89. The smallest absolute Gasteiger partial charge is 0.187 e. The molecule has 0 unspecified atom stereocenters. The predicted octanol–water partition coefficient (Wildman–Crippen LogP) is 4.49. The third-order valence-electron chi connectivity index (χ3n) is 4.06. The first kappa shape index (κ1) is 17.1. The summed E-state index contributed by atoms with van der Waals surface area (Å²) in [5.74, 6) is -0.0780. The number of carbonyl (C=O) groups is 1. The molecule has 2 heterocycles. The number of hydrogen-bond acceptors (Lipinski definition) is 3. The van der Waals surface area contributed by atoms with Crippen molar-refractivity contribution in [3.63, 3.8) is 0 Å². The zero-order valence-corrected chi connectivity index (χ0v) is 14.9. The van der Waals surface area contributed by atoms with Gasteiger partial charge >= 0.3 is 0 Å². The van der Waals surface area contributed by atoms with Crippen LogP contribution in [0.25, 0.3) is 6.08 Å². The molecule has 0 fully saturated rings. The minimum atomic E-state index is -0.0780. The van der Waals surface area contributed by atoms with Crippen molar-refractivity contribution in [1.29, 1.82) is 0 Å². The highest BCUT2D eigenvalue weighted by Crippen LogP contribution is 2.20. The second kappa shape index (κ2) is 7.45. The Kier molecular flexibility index (Phi) is 5.10. The van der Waals surface area contributed by atoms with Gasteiger partial charge in [0.25, 0.3) is 0 Å². The first-order valence-corrected chi connectivity index (χ1v) is 8.34. The molecule has 2 aromatic heterocycles. The Balaban J connectivity index is 1.84. The van der Waals surface area contributed by atoms with E-state index in [-0.39, 0.29) is 5.78 Å². The Morgan fingerprint density at radius 2 is 2.00 bits per heavy atom. The maximum Gasteiger partial charge on any atom is 0.187 e. The fourth-order valence-electron chi connectivity index (χ4n) is 2.66. The highest BCUT2D eigenvalue weighted by Gasteiger charge is 2.11. The first-order valence-electron chi connectivity index (χ1n) is 7.96. The molecule has 0 aliphatic rings. The molecule has 1 aromatic carbocycles. The van der Waals surface area contributed by atoms with Gasteiger partial charge in [-0.05, 0) is 49.8 Å². The van der Waals surface area contributed by atoms with Crippen LogP contribution in [0.5, 0.6) is 0 Å². The van der Waals surface area contributed by atoms with Gasteiger partial charge in [-0.1, -0.05) is 29.8 Å². The van der Waals surface area contributed by atoms with Crippen LogP contribution in [0.3, 0.4) is 0 Å². The molecule has 0 bridgehead atoms. The standard InChI is InChI=1S/C20H18ClN3O/c1-14-18(9-10-20(25)16-7-5-11-22-12-16)15(2)24(23-14)13-17-6-3-4-8-19(17)21/h3-12H,13H2,1-2H3/b10-9+. The molecule has 0 atom stereocenters. The van der Waals surface area contributed by atoms with E-state index in [0.29, 0.717) is 12.1 Å². The Hall–Kier alpha value is -2.72. The summed E-state index contributed by atoms with van der Waals surface area (Å²) in [5, 5.41) is 5.30. The van der Waals surface area contributed by atoms with Crippen LogP contribution in [-0.2, 0) is 6.54 Å². The van der Waals surface area contributed by atoms with E-state index in [1.54, 1.807) is 30.6 Å². The van der Waals surface area contributed by atoms with Crippen LogP contribution in [0, 0.1) is 13.8 Å². The van der Waals surface area contributed by atoms with Gasteiger partial charge in [-0.2, -0.15) is 5.10 Å². The molecule has 3 rings (SSSR count). The number of aromatic nitrogens is 3. The molecule has 0 aliphatic carbocycles. The van der Waals surface area contributed by atoms with Crippen molar-refractivity contribution in [2.75, 3.05) is 0 Å². The van der Waals surface area contributed by atoms with Crippen molar-refractivity contribution in [1.82, 2.24) is 14.8 Å². The molecule has 0 N–H and O–H groups in total. The second-order valence-electron chi connectivity index (χ2n) is 5.77. The average molecular weight is 352 g/mol. The van der Waals surface area contributed by atoms with E-state index in [0.717, 1.165) is 27.5 Å². The van der Waals surface area contributed by atoms with Gasteiger partial charge in [0.1, 0.15) is 0 Å². The van der Waals surface area contributed by atoms with E-state index in [4.69, 9.17) is 11.6 Å². The number of aryl methyl sites for hydroxylation is 1. The normalized spacial score (nSPS) is 11.2. The van der Waals surface area contributed by atoms with Gasteiger partial charge < -0.3 is 0 Å². The monoisotopic (exact) mass is 351 g/mol. The van der Waals surface area contributed by atoms with Gasteiger partial charge in [-0.25, -0.2) is 0 Å². The summed E-state index contributed by atoms with van der Waals surface area (Å²) in [4.78, 5) is 16.2. The van der Waals surface area contributed by atoms with Crippen molar-refractivity contribution in [3.05, 3.63) is 88.0 Å². The largest absolute Gasteiger partial charge is 0.289 e. The van der Waals surface area contributed by atoms with Gasteiger partial charge in [0.2, 0.25) is 0 Å². The lowest BCUT2D eigenvalue weighted by atomic mass is 10.1. The summed E-state index contributed by atoms with van der Waals surface area (Å²) < 4.78 is 1.91. The van der Waals surface area contributed by atoms with E-state index >= 15 is 0 Å². The number of allylic oxidation sites excluding steroid dienone is 1. The van der Waals surface area contributed by atoms with Crippen molar-refractivity contribution >= 4 is 23.5 Å². The molecule has 0 saturated carbocycles. The molecular formula is C20H18ClN3O. The van der Waals surface area contributed by atoms with Gasteiger partial charge in [-0.3, -0.25) is 14.5 Å². The number of rotatable bonds is 5. The van der Waals surface area contributed by atoms with Crippen LogP contribution in [0.1, 0.15) is 32.9 Å². The maximum absolute atomic E-state index is 12.2. The van der Waals surface area contributed by atoms with Crippen molar-refractivity contribution in [2.24, 2.45) is 0 Å². The predicted molar refractivity (Wildman–Crippen MR) is 99.9 cm³/mol. The molecule has 126 valence electrons. The Labute approximate surface area is 151 Å². The van der Waals surface area contributed by atoms with Crippen molar-refractivity contribution < 1.29 is 4.79 Å². The number of carbonyl (C=O) groups excluding carboxylic acids is 1. The number of ketones is 1. The van der Waals surface area contributed by atoms with Crippen molar-refractivity contribution in [2.45, 2.75) is 20.4 Å². The zero-order valence-electron chi connectivity index (χ0n) is 14.1. The summed E-state index contributed by atoms with van der Waals surface area (Å²) >= 11 is 6.24. The van der Waals surface area contributed by atoms with Crippen LogP contribution < -0.4 is 0 Å². The van der Waals surface area contributed by atoms with Crippen LogP contribution in [-0.4, -0.2) is 20.5 Å². The van der Waals surface area contributed by atoms with Gasteiger partial charge in [0, 0.05) is 34.2 Å². The van der Waals surface area contributed by atoms with E-state index in [1.807, 2.05) is 48.9 Å². The molecule has 0 radical (unpaired) electrons. The lowest BCUT2D eigenvalue weighted by molar-refractivity contribution is 0.104. The first-order chi connectivity index (χ1) is 12.1. The quantitative estimate of drug-likeness (QED) is 0.502. The van der Waals surface area contributed by atoms with Crippen molar-refractivity contribution in [3.8, 4) is 0 Å². The highest BCUT2D eigenvalue weighted by atomic mass is 35.5. The molecule has 0 aliphatic heterocycles. The molecule has 3 aromatic rings.